The van der Waals surface area contributed by atoms with E-state index in [-0.39, 0.29) is 36.6 Å². The molecule has 3 atom stereocenters. The number of fused-ring (bicyclic) bond motifs is 1. The van der Waals surface area contributed by atoms with Crippen LogP contribution in [0.1, 0.15) is 31.7 Å². The molecule has 2 saturated heterocycles. The Hall–Kier alpha value is -3.69. The number of carbonyl (C=O) groups is 5. The molecule has 32 heavy (non-hydrogen) atoms. The van der Waals surface area contributed by atoms with Crippen molar-refractivity contribution in [1.29, 1.82) is 0 Å². The monoisotopic (exact) mass is 440 g/mol. The summed E-state index contributed by atoms with van der Waals surface area (Å²) in [6.07, 6.45) is 4.59. The zero-order valence-corrected chi connectivity index (χ0v) is 17.8. The van der Waals surface area contributed by atoms with Crippen molar-refractivity contribution in [3.8, 4) is 5.75 Å². The summed E-state index contributed by atoms with van der Waals surface area (Å²) in [5, 5.41) is 3.21. The van der Waals surface area contributed by atoms with Gasteiger partial charge in [-0.2, -0.15) is 5.01 Å². The van der Waals surface area contributed by atoms with E-state index >= 15 is 0 Å². The van der Waals surface area contributed by atoms with E-state index in [4.69, 9.17) is 4.74 Å². The summed E-state index contributed by atoms with van der Waals surface area (Å²) in [5.74, 6) is -2.10. The average Bonchev–Trinajstić information content (AvgIpc) is 3.17. The summed E-state index contributed by atoms with van der Waals surface area (Å²) >= 11 is 0. The molecule has 6 amide bonds. The molecule has 4 rings (SSSR count). The normalized spacial score (nSPS) is 26.9. The number of methoxy groups -OCH3 is 1. The minimum Gasteiger partial charge on any atom is -0.497 e. The summed E-state index contributed by atoms with van der Waals surface area (Å²) < 4.78 is 5.18. The highest BCUT2D eigenvalue weighted by atomic mass is 16.5. The van der Waals surface area contributed by atoms with E-state index in [1.165, 1.54) is 14.0 Å². The number of nitrogens with one attached hydrogen (secondary N) is 2. The molecule has 2 fully saturated rings. The highest BCUT2D eigenvalue weighted by Crippen LogP contribution is 2.35. The second-order valence-corrected chi connectivity index (χ2v) is 8.20. The number of allylic oxidation sites excluding steroid dienone is 2. The predicted molar refractivity (Wildman–Crippen MR) is 111 cm³/mol. The van der Waals surface area contributed by atoms with Crippen molar-refractivity contribution in [2.24, 2.45) is 11.8 Å². The number of benzene rings is 1. The molecule has 1 aromatic carbocycles. The Kier molecular flexibility index (Phi) is 5.45. The zero-order valence-electron chi connectivity index (χ0n) is 17.8. The number of nitrogens with zero attached hydrogens (tertiary/aromatic N) is 2. The third-order valence-electron chi connectivity index (χ3n) is 6.24. The van der Waals surface area contributed by atoms with Crippen LogP contribution in [-0.4, -0.2) is 53.2 Å². The fraction of sp³-hybridized carbons (Fsp3) is 0.409. The Bertz CT molecular complexity index is 1010. The number of urea groups is 1. The van der Waals surface area contributed by atoms with Crippen LogP contribution in [0.2, 0.25) is 0 Å². The van der Waals surface area contributed by atoms with Crippen molar-refractivity contribution < 1.29 is 28.7 Å². The van der Waals surface area contributed by atoms with Crippen LogP contribution in [0.25, 0.3) is 0 Å². The molecule has 2 heterocycles. The number of imide groups is 2. The van der Waals surface area contributed by atoms with Gasteiger partial charge in [-0.25, -0.2) is 4.79 Å². The molecule has 0 saturated carbocycles. The van der Waals surface area contributed by atoms with Gasteiger partial charge < -0.3 is 10.1 Å². The van der Waals surface area contributed by atoms with Crippen LogP contribution in [0.4, 0.5) is 4.79 Å². The van der Waals surface area contributed by atoms with Gasteiger partial charge in [0.15, 0.2) is 0 Å². The van der Waals surface area contributed by atoms with Crippen molar-refractivity contribution in [3.63, 3.8) is 0 Å². The summed E-state index contributed by atoms with van der Waals surface area (Å²) in [6.45, 7) is 1.43. The fourth-order valence-corrected chi connectivity index (χ4v) is 4.35. The smallest absolute Gasteiger partial charge is 0.344 e. The molecule has 2 N–H and O–H groups in total. The number of amides is 6. The predicted octanol–water partition coefficient (Wildman–Crippen LogP) is 0.835. The molecule has 10 nitrogen and oxygen atoms in total. The fourth-order valence-electron chi connectivity index (χ4n) is 4.35. The number of hydrogen-bond donors (Lipinski definition) is 2. The quantitative estimate of drug-likeness (QED) is 0.384. The molecule has 0 unspecified atom stereocenters. The van der Waals surface area contributed by atoms with Gasteiger partial charge >= 0.3 is 6.03 Å². The first-order valence-corrected chi connectivity index (χ1v) is 10.4. The maximum Gasteiger partial charge on any atom is 0.344 e. The molecule has 3 aliphatic rings. The number of rotatable bonds is 6. The molecule has 0 radical (unpaired) electrons. The van der Waals surface area contributed by atoms with Gasteiger partial charge in [0, 0.05) is 13.0 Å². The van der Waals surface area contributed by atoms with Crippen LogP contribution >= 0.6 is 0 Å². The van der Waals surface area contributed by atoms with Gasteiger partial charge in [-0.1, -0.05) is 24.3 Å². The first kappa shape index (κ1) is 21.5. The molecule has 0 bridgehead atoms. The Balaban J connectivity index is 1.39. The highest BCUT2D eigenvalue weighted by Gasteiger charge is 2.50. The minimum absolute atomic E-state index is 0.104. The number of carbonyl (C=O) groups excluding carboxylic acids is 5. The number of hydrazine groups is 1. The Morgan fingerprint density at radius 1 is 1.16 bits per heavy atom. The van der Waals surface area contributed by atoms with E-state index in [0.717, 1.165) is 4.90 Å². The molecule has 1 aliphatic carbocycles. The van der Waals surface area contributed by atoms with Crippen LogP contribution < -0.4 is 15.5 Å². The lowest BCUT2D eigenvalue weighted by Gasteiger charge is -2.22. The van der Waals surface area contributed by atoms with Gasteiger partial charge in [0.1, 0.15) is 11.3 Å². The van der Waals surface area contributed by atoms with Crippen LogP contribution in [0.15, 0.2) is 36.4 Å². The Labute approximate surface area is 184 Å². The van der Waals surface area contributed by atoms with E-state index < -0.39 is 23.4 Å². The molecular formula is C22H24N4O6. The second kappa shape index (κ2) is 8.10. The largest absolute Gasteiger partial charge is 0.497 e. The zero-order chi connectivity index (χ0) is 23.0. The summed E-state index contributed by atoms with van der Waals surface area (Å²) in [4.78, 5) is 64.0. The van der Waals surface area contributed by atoms with Gasteiger partial charge in [0.2, 0.25) is 17.7 Å². The van der Waals surface area contributed by atoms with Crippen LogP contribution in [0, 0.1) is 11.8 Å². The summed E-state index contributed by atoms with van der Waals surface area (Å²) in [7, 11) is 1.49. The second-order valence-electron chi connectivity index (χ2n) is 8.20. The molecule has 0 aromatic heterocycles. The third-order valence-corrected chi connectivity index (χ3v) is 6.24. The molecule has 1 aromatic rings. The van der Waals surface area contributed by atoms with Crippen molar-refractivity contribution in [3.05, 3.63) is 42.0 Å². The van der Waals surface area contributed by atoms with E-state index in [2.05, 4.69) is 10.7 Å². The SMILES string of the molecule is COc1cccc([C@@]2(C)NC(=O)N(NC(=O)CCN3C(=O)[C@H]4CC=CC[C@@H]4C3=O)C2=O)c1. The summed E-state index contributed by atoms with van der Waals surface area (Å²) in [6, 6.07) is 5.92. The maximum atomic E-state index is 13.0. The van der Waals surface area contributed by atoms with Crippen LogP contribution in [-0.2, 0) is 24.7 Å². The van der Waals surface area contributed by atoms with Gasteiger partial charge in [0.25, 0.3) is 5.91 Å². The lowest BCUT2D eigenvalue weighted by molar-refractivity contribution is -0.142. The summed E-state index contributed by atoms with van der Waals surface area (Å²) in [5.41, 5.74) is 1.40. The van der Waals surface area contributed by atoms with Crippen molar-refractivity contribution in [2.75, 3.05) is 13.7 Å². The van der Waals surface area contributed by atoms with Crippen LogP contribution in [0.3, 0.4) is 0 Å². The number of hydrogen-bond acceptors (Lipinski definition) is 6. The average molecular weight is 440 g/mol. The molecular weight excluding hydrogens is 416 g/mol. The van der Waals surface area contributed by atoms with Crippen molar-refractivity contribution in [1.82, 2.24) is 20.7 Å². The molecule has 10 heteroatoms. The standard InChI is InChI=1S/C22H24N4O6/c1-22(13-6-5-7-14(12-13)32-2)20(30)26(21(31)23-22)24-17(27)10-11-25-18(28)15-8-3-4-9-16(15)19(25)29/h3-7,12,15-16H,8-11H2,1-2H3,(H,23,31)(H,24,27)/t15-,16-,22+/m0/s1. The lowest BCUT2D eigenvalue weighted by Crippen LogP contribution is -2.48. The first-order chi connectivity index (χ1) is 15.3. The molecule has 168 valence electrons. The van der Waals surface area contributed by atoms with Gasteiger partial charge in [-0.05, 0) is 37.5 Å². The van der Waals surface area contributed by atoms with E-state index in [1.54, 1.807) is 24.3 Å². The topological polar surface area (TPSA) is 125 Å². The van der Waals surface area contributed by atoms with Gasteiger partial charge in [-0.3, -0.25) is 29.5 Å². The molecule has 0 spiro atoms. The lowest BCUT2D eigenvalue weighted by atomic mass is 9.85. The number of ether oxygens (including phenoxy) is 1. The van der Waals surface area contributed by atoms with Crippen LogP contribution in [0.5, 0.6) is 5.75 Å². The van der Waals surface area contributed by atoms with Crippen molar-refractivity contribution in [2.45, 2.75) is 31.7 Å². The van der Waals surface area contributed by atoms with E-state index in [1.807, 2.05) is 12.2 Å². The Morgan fingerprint density at radius 3 is 2.44 bits per heavy atom. The molecule has 2 aliphatic heterocycles. The third kappa shape index (κ3) is 3.51. The van der Waals surface area contributed by atoms with Gasteiger partial charge in [-0.15, -0.1) is 0 Å². The van der Waals surface area contributed by atoms with Crippen molar-refractivity contribution >= 4 is 29.7 Å². The maximum absolute atomic E-state index is 13.0. The van der Waals surface area contributed by atoms with Gasteiger partial charge in [0.05, 0.1) is 18.9 Å². The van der Waals surface area contributed by atoms with E-state index in [9.17, 15) is 24.0 Å². The highest BCUT2D eigenvalue weighted by molar-refractivity contribution is 6.08. The van der Waals surface area contributed by atoms with E-state index in [0.29, 0.717) is 29.2 Å². The Morgan fingerprint density at radius 2 is 1.81 bits per heavy atom. The number of likely N-dealkylation sites (tertiary alicyclic amines) is 1. The first-order valence-electron chi connectivity index (χ1n) is 10.4. The minimum atomic E-state index is -1.39.